The molecule has 0 spiro atoms. The first-order valence-corrected chi connectivity index (χ1v) is 5.41. The largest absolute Gasteiger partial charge is 0.475 e. The molecule has 1 atom stereocenters. The lowest BCUT2D eigenvalue weighted by Gasteiger charge is -2.29. The van der Waals surface area contributed by atoms with Crippen molar-refractivity contribution in [1.29, 1.82) is 0 Å². The van der Waals surface area contributed by atoms with Crippen LogP contribution in [0.25, 0.3) is 0 Å². The number of aromatic nitrogens is 2. The minimum atomic E-state index is -1.06. The van der Waals surface area contributed by atoms with Crippen LogP contribution in [-0.2, 0) is 0 Å². The van der Waals surface area contributed by atoms with Gasteiger partial charge < -0.3 is 10.0 Å². The Morgan fingerprint density at radius 2 is 2.44 bits per heavy atom. The van der Waals surface area contributed by atoms with Gasteiger partial charge in [-0.1, -0.05) is 0 Å². The van der Waals surface area contributed by atoms with Crippen LogP contribution in [0.5, 0.6) is 0 Å². The molecule has 0 radical (unpaired) electrons. The van der Waals surface area contributed by atoms with Crippen molar-refractivity contribution < 1.29 is 9.90 Å². The van der Waals surface area contributed by atoms with Gasteiger partial charge in [-0.25, -0.2) is 14.8 Å². The van der Waals surface area contributed by atoms with E-state index in [-0.39, 0.29) is 5.82 Å². The van der Waals surface area contributed by atoms with Gasteiger partial charge in [-0.05, 0) is 32.5 Å². The minimum absolute atomic E-state index is 0.106. The van der Waals surface area contributed by atoms with Crippen LogP contribution in [0.4, 0.5) is 0 Å². The minimum Gasteiger partial charge on any atom is -0.475 e. The highest BCUT2D eigenvalue weighted by atomic mass is 16.4. The average molecular weight is 221 g/mol. The highest BCUT2D eigenvalue weighted by Gasteiger charge is 2.21. The monoisotopic (exact) mass is 221 g/mol. The lowest BCUT2D eigenvalue weighted by atomic mass is 9.95. The molecule has 16 heavy (non-hydrogen) atoms. The Morgan fingerprint density at radius 3 is 3.12 bits per heavy atom. The molecule has 0 aromatic carbocycles. The van der Waals surface area contributed by atoms with Crippen LogP contribution >= 0.6 is 0 Å². The van der Waals surface area contributed by atoms with E-state index in [0.717, 1.165) is 31.6 Å². The van der Waals surface area contributed by atoms with Crippen LogP contribution in [-0.4, -0.2) is 46.1 Å². The van der Waals surface area contributed by atoms with E-state index in [2.05, 4.69) is 21.9 Å². The summed E-state index contributed by atoms with van der Waals surface area (Å²) in [5.74, 6) is -0.836. The fraction of sp³-hybridized carbons (Fsp3) is 0.545. The van der Waals surface area contributed by atoms with Crippen molar-refractivity contribution in [3.63, 3.8) is 0 Å². The molecule has 1 aliphatic heterocycles. The molecule has 1 aliphatic rings. The Balaban J connectivity index is 2.19. The van der Waals surface area contributed by atoms with Crippen LogP contribution in [0.3, 0.4) is 0 Å². The van der Waals surface area contributed by atoms with Crippen molar-refractivity contribution in [2.75, 3.05) is 20.1 Å². The van der Waals surface area contributed by atoms with Gasteiger partial charge in [0.05, 0.1) is 0 Å². The van der Waals surface area contributed by atoms with Crippen LogP contribution in [0.2, 0.25) is 0 Å². The zero-order valence-electron chi connectivity index (χ0n) is 9.26. The van der Waals surface area contributed by atoms with Crippen molar-refractivity contribution in [2.24, 2.45) is 0 Å². The highest BCUT2D eigenvalue weighted by Crippen LogP contribution is 2.24. The Bertz CT molecular complexity index is 395. The molecule has 0 amide bonds. The third-order valence-corrected chi connectivity index (χ3v) is 2.91. The van der Waals surface area contributed by atoms with Gasteiger partial charge >= 0.3 is 5.97 Å². The number of hydrogen-bond donors (Lipinski definition) is 1. The highest BCUT2D eigenvalue weighted by molar-refractivity contribution is 5.82. The molecular formula is C11H15N3O2. The number of rotatable bonds is 2. The maximum Gasteiger partial charge on any atom is 0.373 e. The standard InChI is InChI=1S/C11H15N3O2/c1-14-6-2-3-8(7-14)9-4-5-12-10(13-9)11(15)16/h4-5,8H,2-3,6-7H2,1H3,(H,15,16). The van der Waals surface area contributed by atoms with E-state index in [1.54, 1.807) is 0 Å². The van der Waals surface area contributed by atoms with Gasteiger partial charge in [-0.3, -0.25) is 0 Å². The van der Waals surface area contributed by atoms with Gasteiger partial charge in [0.25, 0.3) is 0 Å². The molecular weight excluding hydrogens is 206 g/mol. The molecule has 86 valence electrons. The quantitative estimate of drug-likeness (QED) is 0.806. The number of nitrogens with zero attached hydrogens (tertiary/aromatic N) is 3. The molecule has 0 saturated carbocycles. The number of piperidine rings is 1. The maximum absolute atomic E-state index is 10.8. The Labute approximate surface area is 94.1 Å². The molecule has 1 unspecified atom stereocenters. The number of aromatic carboxylic acids is 1. The normalized spacial score (nSPS) is 21.9. The number of hydrogen-bond acceptors (Lipinski definition) is 4. The Kier molecular flexibility index (Phi) is 3.14. The summed E-state index contributed by atoms with van der Waals surface area (Å²) in [5.41, 5.74) is 0.846. The predicted molar refractivity (Wildman–Crippen MR) is 58.5 cm³/mol. The molecule has 1 N–H and O–H groups in total. The topological polar surface area (TPSA) is 66.3 Å². The second-order valence-electron chi connectivity index (χ2n) is 4.21. The molecule has 5 heteroatoms. The summed E-state index contributed by atoms with van der Waals surface area (Å²) in [6.45, 7) is 2.05. The summed E-state index contributed by atoms with van der Waals surface area (Å²) in [6.07, 6.45) is 3.73. The molecule has 1 saturated heterocycles. The van der Waals surface area contributed by atoms with Gasteiger partial charge in [0.15, 0.2) is 0 Å². The smallest absolute Gasteiger partial charge is 0.373 e. The number of carboxylic acids is 1. The molecule has 0 bridgehead atoms. The van der Waals surface area contributed by atoms with E-state index in [0.29, 0.717) is 5.92 Å². The van der Waals surface area contributed by atoms with Crippen molar-refractivity contribution in [2.45, 2.75) is 18.8 Å². The van der Waals surface area contributed by atoms with Crippen molar-refractivity contribution in [3.8, 4) is 0 Å². The lowest BCUT2D eigenvalue weighted by Crippen LogP contribution is -2.31. The summed E-state index contributed by atoms with van der Waals surface area (Å²) < 4.78 is 0. The second-order valence-corrected chi connectivity index (χ2v) is 4.21. The van der Waals surface area contributed by atoms with E-state index in [1.165, 1.54) is 6.20 Å². The zero-order valence-corrected chi connectivity index (χ0v) is 9.26. The summed E-state index contributed by atoms with van der Waals surface area (Å²) in [5, 5.41) is 8.82. The first-order chi connectivity index (χ1) is 7.66. The van der Waals surface area contributed by atoms with E-state index < -0.39 is 5.97 Å². The summed E-state index contributed by atoms with van der Waals surface area (Å²) >= 11 is 0. The third kappa shape index (κ3) is 2.36. The zero-order chi connectivity index (χ0) is 11.5. The second kappa shape index (κ2) is 4.57. The summed E-state index contributed by atoms with van der Waals surface area (Å²) in [7, 11) is 2.07. The van der Waals surface area contributed by atoms with Gasteiger partial charge in [0, 0.05) is 24.4 Å². The van der Waals surface area contributed by atoms with E-state index >= 15 is 0 Å². The average Bonchev–Trinajstić information content (AvgIpc) is 2.29. The fourth-order valence-electron chi connectivity index (χ4n) is 2.11. The van der Waals surface area contributed by atoms with E-state index in [1.807, 2.05) is 6.07 Å². The summed E-state index contributed by atoms with van der Waals surface area (Å²) in [4.78, 5) is 20.8. The van der Waals surface area contributed by atoms with E-state index in [4.69, 9.17) is 5.11 Å². The third-order valence-electron chi connectivity index (χ3n) is 2.91. The number of likely N-dealkylation sites (N-methyl/N-ethyl adjacent to an activating group) is 1. The Morgan fingerprint density at radius 1 is 1.62 bits per heavy atom. The van der Waals surface area contributed by atoms with Crippen molar-refractivity contribution in [1.82, 2.24) is 14.9 Å². The first-order valence-electron chi connectivity index (χ1n) is 5.41. The number of carboxylic acid groups (broad SMARTS) is 1. The van der Waals surface area contributed by atoms with Gasteiger partial charge in [0.1, 0.15) is 0 Å². The fourth-order valence-corrected chi connectivity index (χ4v) is 2.11. The molecule has 2 heterocycles. The van der Waals surface area contributed by atoms with Crippen LogP contribution < -0.4 is 0 Å². The summed E-state index contributed by atoms with van der Waals surface area (Å²) in [6, 6.07) is 1.82. The van der Waals surface area contributed by atoms with Crippen LogP contribution in [0.1, 0.15) is 35.1 Å². The molecule has 0 aliphatic carbocycles. The van der Waals surface area contributed by atoms with Gasteiger partial charge in [-0.15, -0.1) is 0 Å². The molecule has 5 nitrogen and oxygen atoms in total. The van der Waals surface area contributed by atoms with Crippen LogP contribution in [0, 0.1) is 0 Å². The number of carbonyl (C=O) groups is 1. The van der Waals surface area contributed by atoms with Crippen LogP contribution in [0.15, 0.2) is 12.3 Å². The molecule has 1 aromatic heterocycles. The SMILES string of the molecule is CN1CCCC(c2ccnc(C(=O)O)n2)C1. The van der Waals surface area contributed by atoms with Crippen molar-refractivity contribution >= 4 is 5.97 Å². The maximum atomic E-state index is 10.8. The van der Waals surface area contributed by atoms with E-state index in [9.17, 15) is 4.79 Å². The molecule has 1 fully saturated rings. The number of likely N-dealkylation sites (tertiary alicyclic amines) is 1. The molecule has 1 aromatic rings. The molecule has 2 rings (SSSR count). The first kappa shape index (κ1) is 11.0. The van der Waals surface area contributed by atoms with Crippen molar-refractivity contribution in [3.05, 3.63) is 23.8 Å². The predicted octanol–water partition coefficient (Wildman–Crippen LogP) is 0.984. The van der Waals surface area contributed by atoms with Gasteiger partial charge in [0.2, 0.25) is 5.82 Å². The Hall–Kier alpha value is -1.49. The van der Waals surface area contributed by atoms with Gasteiger partial charge in [-0.2, -0.15) is 0 Å². The lowest BCUT2D eigenvalue weighted by molar-refractivity contribution is 0.0682.